The largest absolute Gasteiger partial charge is 0.389 e. The molecule has 0 saturated carbocycles. The van der Waals surface area contributed by atoms with Crippen LogP contribution in [0.25, 0.3) is 11.1 Å². The first-order chi connectivity index (χ1) is 14.3. The Morgan fingerprint density at radius 2 is 1.67 bits per heavy atom. The van der Waals surface area contributed by atoms with Crippen LogP contribution in [0.5, 0.6) is 0 Å². The summed E-state index contributed by atoms with van der Waals surface area (Å²) in [7, 11) is 0. The number of carbonyl (C=O) groups is 2. The van der Waals surface area contributed by atoms with Gasteiger partial charge in [0.2, 0.25) is 5.91 Å². The fourth-order valence-corrected chi connectivity index (χ4v) is 3.65. The number of nitrogens with one attached hydrogen (secondary N) is 1. The SMILES string of the molecule is O=C(NC[C@@H]1CCCN(C(=O)CCC(F)(F)F)C1)c1ccc(-c2ccccc2)cc1. The molecule has 30 heavy (non-hydrogen) atoms. The molecule has 1 atom stereocenters. The van der Waals surface area contributed by atoms with E-state index in [2.05, 4.69) is 5.32 Å². The van der Waals surface area contributed by atoms with Crippen molar-refractivity contribution in [1.82, 2.24) is 10.2 Å². The molecule has 1 N–H and O–H groups in total. The first-order valence-corrected chi connectivity index (χ1v) is 10.1. The summed E-state index contributed by atoms with van der Waals surface area (Å²) in [6.07, 6.45) is -4.38. The summed E-state index contributed by atoms with van der Waals surface area (Å²) in [5.41, 5.74) is 2.64. The molecule has 1 aliphatic rings. The van der Waals surface area contributed by atoms with E-state index in [1.807, 2.05) is 42.5 Å². The highest BCUT2D eigenvalue weighted by Crippen LogP contribution is 2.24. The predicted molar refractivity (Wildman–Crippen MR) is 109 cm³/mol. The molecule has 0 radical (unpaired) electrons. The Hall–Kier alpha value is -2.83. The van der Waals surface area contributed by atoms with Crippen LogP contribution in [0.3, 0.4) is 0 Å². The van der Waals surface area contributed by atoms with E-state index in [1.165, 1.54) is 4.90 Å². The molecule has 1 saturated heterocycles. The van der Waals surface area contributed by atoms with Gasteiger partial charge >= 0.3 is 6.18 Å². The third-order valence-electron chi connectivity index (χ3n) is 5.30. The molecule has 2 amide bonds. The van der Waals surface area contributed by atoms with Crippen molar-refractivity contribution in [2.45, 2.75) is 31.9 Å². The van der Waals surface area contributed by atoms with Crippen molar-refractivity contribution in [1.29, 1.82) is 0 Å². The number of nitrogens with zero attached hydrogens (tertiary/aromatic N) is 1. The van der Waals surface area contributed by atoms with E-state index < -0.39 is 24.9 Å². The molecular formula is C23H25F3N2O2. The van der Waals surface area contributed by atoms with Crippen molar-refractivity contribution in [3.63, 3.8) is 0 Å². The lowest BCUT2D eigenvalue weighted by Crippen LogP contribution is -2.43. The van der Waals surface area contributed by atoms with Gasteiger partial charge in [0.15, 0.2) is 0 Å². The van der Waals surface area contributed by atoms with Crippen molar-refractivity contribution in [3.05, 3.63) is 60.2 Å². The molecule has 1 heterocycles. The van der Waals surface area contributed by atoms with E-state index >= 15 is 0 Å². The van der Waals surface area contributed by atoms with E-state index in [0.717, 1.165) is 24.0 Å². The second-order valence-electron chi connectivity index (χ2n) is 7.62. The number of likely N-dealkylation sites (tertiary alicyclic amines) is 1. The summed E-state index contributed by atoms with van der Waals surface area (Å²) in [4.78, 5) is 26.0. The van der Waals surface area contributed by atoms with Crippen LogP contribution in [-0.2, 0) is 4.79 Å². The smallest absolute Gasteiger partial charge is 0.352 e. The topological polar surface area (TPSA) is 49.4 Å². The highest BCUT2D eigenvalue weighted by Gasteiger charge is 2.30. The van der Waals surface area contributed by atoms with E-state index in [4.69, 9.17) is 0 Å². The maximum absolute atomic E-state index is 12.4. The average molecular weight is 418 g/mol. The molecule has 0 aliphatic carbocycles. The molecule has 0 aromatic heterocycles. The Bertz CT molecular complexity index is 851. The van der Waals surface area contributed by atoms with Crippen molar-refractivity contribution in [2.75, 3.05) is 19.6 Å². The van der Waals surface area contributed by atoms with Gasteiger partial charge < -0.3 is 10.2 Å². The number of carbonyl (C=O) groups excluding carboxylic acids is 2. The zero-order valence-corrected chi connectivity index (χ0v) is 16.6. The van der Waals surface area contributed by atoms with Crippen LogP contribution in [-0.4, -0.2) is 42.5 Å². The second kappa shape index (κ2) is 9.78. The zero-order chi connectivity index (χ0) is 21.6. The van der Waals surface area contributed by atoms with Gasteiger partial charge in [-0.3, -0.25) is 9.59 Å². The Morgan fingerprint density at radius 3 is 2.33 bits per heavy atom. The number of hydrogen-bond donors (Lipinski definition) is 1. The van der Waals surface area contributed by atoms with Crippen LogP contribution < -0.4 is 5.32 Å². The highest BCUT2D eigenvalue weighted by atomic mass is 19.4. The molecule has 7 heteroatoms. The molecule has 4 nitrogen and oxygen atoms in total. The average Bonchev–Trinajstić information content (AvgIpc) is 2.76. The van der Waals surface area contributed by atoms with Gasteiger partial charge in [-0.15, -0.1) is 0 Å². The lowest BCUT2D eigenvalue weighted by Gasteiger charge is -2.33. The van der Waals surface area contributed by atoms with E-state index in [1.54, 1.807) is 12.1 Å². The van der Waals surface area contributed by atoms with Crippen LogP contribution in [0.1, 0.15) is 36.0 Å². The quantitative estimate of drug-likeness (QED) is 0.742. The minimum atomic E-state index is -4.32. The number of piperidine rings is 1. The lowest BCUT2D eigenvalue weighted by atomic mass is 9.97. The van der Waals surface area contributed by atoms with E-state index in [0.29, 0.717) is 25.2 Å². The Kier molecular flexibility index (Phi) is 7.13. The first kappa shape index (κ1) is 21.9. The standard InChI is InChI=1S/C23H25F3N2O2/c24-23(25,26)13-12-21(29)28-14-4-5-17(16-28)15-27-22(30)20-10-8-19(9-11-20)18-6-2-1-3-7-18/h1-3,6-11,17H,4-5,12-16H2,(H,27,30)/t17-/m0/s1. The monoisotopic (exact) mass is 418 g/mol. The van der Waals surface area contributed by atoms with Crippen molar-refractivity contribution in [3.8, 4) is 11.1 Å². The minimum absolute atomic E-state index is 0.0427. The summed E-state index contributed by atoms with van der Waals surface area (Å²) in [6, 6.07) is 17.2. The summed E-state index contributed by atoms with van der Waals surface area (Å²) in [5.74, 6) is -0.629. The third kappa shape index (κ3) is 6.34. The molecule has 0 bridgehead atoms. The minimum Gasteiger partial charge on any atom is -0.352 e. The normalized spacial score (nSPS) is 16.9. The number of rotatable bonds is 6. The van der Waals surface area contributed by atoms with Crippen molar-refractivity contribution in [2.24, 2.45) is 5.92 Å². The number of halogens is 3. The number of hydrogen-bond acceptors (Lipinski definition) is 2. The van der Waals surface area contributed by atoms with Gasteiger partial charge in [-0.25, -0.2) is 0 Å². The predicted octanol–water partition coefficient (Wildman–Crippen LogP) is 4.66. The fourth-order valence-electron chi connectivity index (χ4n) is 3.65. The Morgan fingerprint density at radius 1 is 1.00 bits per heavy atom. The van der Waals surface area contributed by atoms with Crippen LogP contribution in [0.4, 0.5) is 13.2 Å². The van der Waals surface area contributed by atoms with Gasteiger partial charge in [-0.05, 0) is 42.0 Å². The van der Waals surface area contributed by atoms with Crippen LogP contribution in [0.15, 0.2) is 54.6 Å². The molecule has 2 aromatic rings. The lowest BCUT2D eigenvalue weighted by molar-refractivity contribution is -0.150. The van der Waals surface area contributed by atoms with Gasteiger partial charge in [-0.2, -0.15) is 13.2 Å². The van der Waals surface area contributed by atoms with Crippen LogP contribution in [0.2, 0.25) is 0 Å². The fraction of sp³-hybridized carbons (Fsp3) is 0.391. The van der Waals surface area contributed by atoms with Crippen molar-refractivity contribution < 1.29 is 22.8 Å². The summed E-state index contributed by atoms with van der Waals surface area (Å²) >= 11 is 0. The van der Waals surface area contributed by atoms with E-state index in [-0.39, 0.29) is 11.8 Å². The van der Waals surface area contributed by atoms with Crippen molar-refractivity contribution >= 4 is 11.8 Å². The molecule has 0 spiro atoms. The molecule has 1 aliphatic heterocycles. The van der Waals surface area contributed by atoms with Gasteiger partial charge in [-0.1, -0.05) is 42.5 Å². The second-order valence-corrected chi connectivity index (χ2v) is 7.62. The molecule has 0 unspecified atom stereocenters. The molecule has 3 rings (SSSR count). The summed E-state index contributed by atoms with van der Waals surface area (Å²) in [6.45, 7) is 1.24. The number of benzene rings is 2. The Balaban J connectivity index is 1.49. The Labute approximate surface area is 174 Å². The summed E-state index contributed by atoms with van der Waals surface area (Å²) < 4.78 is 37.0. The van der Waals surface area contributed by atoms with Crippen LogP contribution >= 0.6 is 0 Å². The summed E-state index contributed by atoms with van der Waals surface area (Å²) in [5, 5.41) is 2.89. The molecular weight excluding hydrogens is 393 g/mol. The van der Waals surface area contributed by atoms with E-state index in [9.17, 15) is 22.8 Å². The number of alkyl halides is 3. The van der Waals surface area contributed by atoms with Gasteiger partial charge in [0.1, 0.15) is 0 Å². The number of amides is 2. The highest BCUT2D eigenvalue weighted by molar-refractivity contribution is 5.94. The van der Waals surface area contributed by atoms with Gasteiger partial charge in [0.05, 0.1) is 6.42 Å². The zero-order valence-electron chi connectivity index (χ0n) is 16.6. The maximum Gasteiger partial charge on any atom is 0.389 e. The van der Waals surface area contributed by atoms with Gasteiger partial charge in [0.25, 0.3) is 5.91 Å². The first-order valence-electron chi connectivity index (χ1n) is 10.1. The molecule has 1 fully saturated rings. The third-order valence-corrected chi connectivity index (χ3v) is 5.30. The molecule has 2 aromatic carbocycles. The van der Waals surface area contributed by atoms with Crippen LogP contribution in [0, 0.1) is 5.92 Å². The molecule has 160 valence electrons. The maximum atomic E-state index is 12.4. The van der Waals surface area contributed by atoms with Gasteiger partial charge in [0, 0.05) is 31.6 Å².